The van der Waals surface area contributed by atoms with E-state index in [2.05, 4.69) is 72.8 Å². The van der Waals surface area contributed by atoms with Crippen molar-refractivity contribution in [1.82, 2.24) is 4.98 Å². The van der Waals surface area contributed by atoms with Gasteiger partial charge in [-0.25, -0.2) is 4.98 Å². The van der Waals surface area contributed by atoms with Gasteiger partial charge >= 0.3 is 0 Å². The number of aromatic nitrogens is 1. The van der Waals surface area contributed by atoms with Crippen molar-refractivity contribution in [3.8, 4) is 0 Å². The number of benzene rings is 3. The van der Waals surface area contributed by atoms with Crippen LogP contribution < -0.4 is 0 Å². The fourth-order valence-corrected chi connectivity index (χ4v) is 2.74. The summed E-state index contributed by atoms with van der Waals surface area (Å²) in [6, 6.07) is 27.2. The van der Waals surface area contributed by atoms with Gasteiger partial charge in [-0.2, -0.15) is 0 Å². The molecule has 4 aromatic rings. The van der Waals surface area contributed by atoms with E-state index >= 15 is 0 Å². The molecule has 1 heteroatoms. The van der Waals surface area contributed by atoms with E-state index in [1.165, 1.54) is 21.7 Å². The Kier molecular flexibility index (Phi) is 3.17. The quantitative estimate of drug-likeness (QED) is 0.438. The van der Waals surface area contributed by atoms with Crippen LogP contribution in [0.4, 0.5) is 0 Å². The second kappa shape index (κ2) is 5.45. The molecule has 4 rings (SSSR count). The fourth-order valence-electron chi connectivity index (χ4n) is 2.74. The molecule has 0 atom stereocenters. The Balaban J connectivity index is 1.78. The third-order valence-corrected chi connectivity index (χ3v) is 3.86. The van der Waals surface area contributed by atoms with Gasteiger partial charge in [0.25, 0.3) is 0 Å². The summed E-state index contributed by atoms with van der Waals surface area (Å²) in [6.07, 6.45) is 4.15. The van der Waals surface area contributed by atoms with Gasteiger partial charge in [-0.3, -0.25) is 0 Å². The Labute approximate surface area is 129 Å². The Morgan fingerprint density at radius 2 is 1.41 bits per heavy atom. The van der Waals surface area contributed by atoms with Gasteiger partial charge in [0.15, 0.2) is 0 Å². The highest BCUT2D eigenvalue weighted by molar-refractivity contribution is 6.06. The van der Waals surface area contributed by atoms with E-state index in [9.17, 15) is 0 Å². The van der Waals surface area contributed by atoms with Gasteiger partial charge in [0.1, 0.15) is 0 Å². The van der Waals surface area contributed by atoms with Crippen LogP contribution in [0.1, 0.15) is 11.3 Å². The van der Waals surface area contributed by atoms with Crippen LogP contribution in [0.25, 0.3) is 33.8 Å². The molecule has 1 heterocycles. The van der Waals surface area contributed by atoms with E-state index in [-0.39, 0.29) is 0 Å². The molecule has 0 bridgehead atoms. The molecule has 104 valence electrons. The van der Waals surface area contributed by atoms with Gasteiger partial charge in [0.2, 0.25) is 0 Å². The van der Waals surface area contributed by atoms with Gasteiger partial charge in [0.05, 0.1) is 11.2 Å². The predicted octanol–water partition coefficient (Wildman–Crippen LogP) is 5.56. The van der Waals surface area contributed by atoms with Crippen molar-refractivity contribution in [2.24, 2.45) is 0 Å². The van der Waals surface area contributed by atoms with Crippen molar-refractivity contribution in [2.45, 2.75) is 0 Å². The fraction of sp³-hybridized carbons (Fsp3) is 0. The first-order valence-corrected chi connectivity index (χ1v) is 7.42. The monoisotopic (exact) mass is 281 g/mol. The highest BCUT2D eigenvalue weighted by atomic mass is 14.7. The van der Waals surface area contributed by atoms with Gasteiger partial charge in [0, 0.05) is 5.39 Å². The molecular weight excluding hydrogens is 266 g/mol. The molecule has 0 unspecified atom stereocenters. The lowest BCUT2D eigenvalue weighted by atomic mass is 10.0. The topological polar surface area (TPSA) is 12.9 Å². The van der Waals surface area contributed by atoms with Gasteiger partial charge in [-0.1, -0.05) is 72.8 Å². The zero-order valence-corrected chi connectivity index (χ0v) is 12.1. The number of fused-ring (bicyclic) bond motifs is 3. The van der Waals surface area contributed by atoms with E-state index < -0.39 is 0 Å². The van der Waals surface area contributed by atoms with E-state index in [0.717, 1.165) is 11.2 Å². The van der Waals surface area contributed by atoms with Crippen LogP contribution in [-0.2, 0) is 0 Å². The predicted molar refractivity (Wildman–Crippen MR) is 94.6 cm³/mol. The molecule has 0 aliphatic heterocycles. The Hall–Kier alpha value is -2.93. The van der Waals surface area contributed by atoms with Crippen molar-refractivity contribution >= 4 is 33.8 Å². The standard InChI is InChI=1S/C21H15N/c1-2-6-16(7-3-1)10-12-18-13-14-20-19-9-5-4-8-17(19)11-15-21(20)22-18/h1-15H. The van der Waals surface area contributed by atoms with Crippen molar-refractivity contribution in [3.63, 3.8) is 0 Å². The lowest BCUT2D eigenvalue weighted by Gasteiger charge is -2.04. The van der Waals surface area contributed by atoms with Crippen LogP contribution in [0.3, 0.4) is 0 Å². The maximum absolute atomic E-state index is 4.75. The highest BCUT2D eigenvalue weighted by Gasteiger charge is 2.01. The zero-order valence-electron chi connectivity index (χ0n) is 12.1. The summed E-state index contributed by atoms with van der Waals surface area (Å²) in [5.41, 5.74) is 3.20. The van der Waals surface area contributed by atoms with E-state index in [1.807, 2.05) is 18.2 Å². The van der Waals surface area contributed by atoms with Crippen LogP contribution in [0.15, 0.2) is 78.9 Å². The molecule has 0 amide bonds. The normalized spacial score (nSPS) is 11.5. The second-order valence-corrected chi connectivity index (χ2v) is 5.33. The smallest absolute Gasteiger partial charge is 0.0715 e. The summed E-state index contributed by atoms with van der Waals surface area (Å²) in [6.45, 7) is 0. The van der Waals surface area contributed by atoms with Crippen LogP contribution >= 0.6 is 0 Å². The van der Waals surface area contributed by atoms with Crippen molar-refractivity contribution < 1.29 is 0 Å². The largest absolute Gasteiger partial charge is 0.248 e. The van der Waals surface area contributed by atoms with Gasteiger partial charge in [-0.15, -0.1) is 0 Å². The van der Waals surface area contributed by atoms with Crippen molar-refractivity contribution in [1.29, 1.82) is 0 Å². The molecule has 22 heavy (non-hydrogen) atoms. The molecule has 0 saturated heterocycles. The summed E-state index contributed by atoms with van der Waals surface area (Å²) in [5.74, 6) is 0. The van der Waals surface area contributed by atoms with Gasteiger partial charge < -0.3 is 0 Å². The molecule has 0 spiro atoms. The summed E-state index contributed by atoms with van der Waals surface area (Å²) in [5, 5.41) is 3.71. The summed E-state index contributed by atoms with van der Waals surface area (Å²) < 4.78 is 0. The lowest BCUT2D eigenvalue weighted by Crippen LogP contribution is -1.84. The van der Waals surface area contributed by atoms with Crippen LogP contribution in [0.2, 0.25) is 0 Å². The van der Waals surface area contributed by atoms with E-state index in [4.69, 9.17) is 4.98 Å². The van der Waals surface area contributed by atoms with Gasteiger partial charge in [-0.05, 0) is 34.5 Å². The Bertz CT molecular complexity index is 969. The highest BCUT2D eigenvalue weighted by Crippen LogP contribution is 2.24. The Morgan fingerprint density at radius 3 is 2.32 bits per heavy atom. The molecule has 0 saturated carbocycles. The molecule has 1 aromatic heterocycles. The number of hydrogen-bond acceptors (Lipinski definition) is 1. The molecule has 0 aliphatic carbocycles. The molecule has 3 aromatic carbocycles. The minimum atomic E-state index is 0.978. The van der Waals surface area contributed by atoms with Crippen LogP contribution in [0, 0.1) is 0 Å². The average molecular weight is 281 g/mol. The molecule has 0 fully saturated rings. The summed E-state index contributed by atoms with van der Waals surface area (Å²) in [7, 11) is 0. The molecule has 1 nitrogen and oxygen atoms in total. The van der Waals surface area contributed by atoms with Crippen LogP contribution in [0.5, 0.6) is 0 Å². The minimum Gasteiger partial charge on any atom is -0.248 e. The maximum Gasteiger partial charge on any atom is 0.0715 e. The first-order chi connectivity index (χ1) is 10.9. The lowest BCUT2D eigenvalue weighted by molar-refractivity contribution is 1.38. The minimum absolute atomic E-state index is 0.978. The average Bonchev–Trinajstić information content (AvgIpc) is 2.60. The Morgan fingerprint density at radius 1 is 0.591 bits per heavy atom. The first-order valence-electron chi connectivity index (χ1n) is 7.42. The van der Waals surface area contributed by atoms with E-state index in [1.54, 1.807) is 0 Å². The second-order valence-electron chi connectivity index (χ2n) is 5.33. The van der Waals surface area contributed by atoms with Crippen molar-refractivity contribution in [3.05, 3.63) is 90.1 Å². The number of hydrogen-bond donors (Lipinski definition) is 0. The maximum atomic E-state index is 4.75. The van der Waals surface area contributed by atoms with E-state index in [0.29, 0.717) is 0 Å². The number of rotatable bonds is 2. The molecule has 0 radical (unpaired) electrons. The molecule has 0 N–H and O–H groups in total. The van der Waals surface area contributed by atoms with Crippen LogP contribution in [-0.4, -0.2) is 4.98 Å². The zero-order chi connectivity index (χ0) is 14.8. The van der Waals surface area contributed by atoms with Crippen molar-refractivity contribution in [2.75, 3.05) is 0 Å². The third-order valence-electron chi connectivity index (χ3n) is 3.86. The number of pyridine rings is 1. The molecule has 0 aliphatic rings. The summed E-state index contributed by atoms with van der Waals surface area (Å²) in [4.78, 5) is 4.75. The SMILES string of the molecule is C(=Cc1ccc2c(ccc3ccccc32)n1)c1ccccc1. The summed E-state index contributed by atoms with van der Waals surface area (Å²) >= 11 is 0. The third kappa shape index (κ3) is 2.38. The first kappa shape index (κ1) is 12.8. The number of nitrogens with zero attached hydrogens (tertiary/aromatic N) is 1. The molecular formula is C21H15N.